The lowest BCUT2D eigenvalue weighted by Crippen LogP contribution is -2.09. The van der Waals surface area contributed by atoms with Gasteiger partial charge in [0, 0.05) is 11.8 Å². The van der Waals surface area contributed by atoms with Gasteiger partial charge in [0.15, 0.2) is 0 Å². The van der Waals surface area contributed by atoms with Gasteiger partial charge in [0.25, 0.3) is 0 Å². The van der Waals surface area contributed by atoms with Crippen molar-refractivity contribution < 1.29 is 4.39 Å². The van der Waals surface area contributed by atoms with E-state index >= 15 is 0 Å². The highest BCUT2D eigenvalue weighted by Gasteiger charge is 2.05. The van der Waals surface area contributed by atoms with E-state index in [1.807, 2.05) is 0 Å². The van der Waals surface area contributed by atoms with E-state index in [0.29, 0.717) is 11.3 Å². The molecule has 3 nitrogen and oxygen atoms in total. The number of aromatic nitrogens is 2. The van der Waals surface area contributed by atoms with Gasteiger partial charge in [-0.2, -0.15) is 0 Å². The van der Waals surface area contributed by atoms with E-state index in [2.05, 4.69) is 9.97 Å². The van der Waals surface area contributed by atoms with Gasteiger partial charge in [-0.05, 0) is 24.3 Å². The molecule has 76 valence electrons. The van der Waals surface area contributed by atoms with Crippen molar-refractivity contribution >= 4 is 11.6 Å². The molecule has 0 spiro atoms. The van der Waals surface area contributed by atoms with Gasteiger partial charge in [0.1, 0.15) is 5.82 Å². The molecule has 0 fully saturated rings. The van der Waals surface area contributed by atoms with Crippen LogP contribution in [0.2, 0.25) is 5.02 Å². The van der Waals surface area contributed by atoms with E-state index in [-0.39, 0.29) is 5.02 Å². The molecule has 1 aromatic carbocycles. The SMILES string of the molecule is O=c1nccc(-c2ccc(F)cc2Cl)[nH]1. The number of benzene rings is 1. The normalized spacial score (nSPS) is 10.3. The van der Waals surface area contributed by atoms with Crippen molar-refractivity contribution in [3.05, 3.63) is 51.8 Å². The van der Waals surface area contributed by atoms with E-state index < -0.39 is 11.5 Å². The molecule has 15 heavy (non-hydrogen) atoms. The van der Waals surface area contributed by atoms with Gasteiger partial charge in [-0.15, -0.1) is 0 Å². The summed E-state index contributed by atoms with van der Waals surface area (Å²) >= 11 is 5.83. The molecular formula is C10H6ClFN2O. The van der Waals surface area contributed by atoms with Crippen LogP contribution in [-0.4, -0.2) is 9.97 Å². The Labute approximate surface area is 89.6 Å². The molecule has 0 aliphatic heterocycles. The maximum absolute atomic E-state index is 12.8. The monoisotopic (exact) mass is 224 g/mol. The highest BCUT2D eigenvalue weighted by Crippen LogP contribution is 2.25. The van der Waals surface area contributed by atoms with Gasteiger partial charge in [-0.3, -0.25) is 0 Å². The maximum atomic E-state index is 12.8. The third-order valence-electron chi connectivity index (χ3n) is 1.90. The van der Waals surface area contributed by atoms with Gasteiger partial charge in [0.2, 0.25) is 0 Å². The van der Waals surface area contributed by atoms with Crippen molar-refractivity contribution in [3.63, 3.8) is 0 Å². The van der Waals surface area contributed by atoms with Gasteiger partial charge in [0.05, 0.1) is 10.7 Å². The summed E-state index contributed by atoms with van der Waals surface area (Å²) in [5.74, 6) is -0.417. The Kier molecular flexibility index (Phi) is 2.51. The second-order valence-electron chi connectivity index (χ2n) is 2.91. The van der Waals surface area contributed by atoms with Crippen LogP contribution in [0.3, 0.4) is 0 Å². The third-order valence-corrected chi connectivity index (χ3v) is 2.21. The lowest BCUT2D eigenvalue weighted by atomic mass is 10.1. The Morgan fingerprint density at radius 1 is 1.33 bits per heavy atom. The summed E-state index contributed by atoms with van der Waals surface area (Å²) in [4.78, 5) is 17.0. The molecule has 0 amide bonds. The van der Waals surface area contributed by atoms with Crippen molar-refractivity contribution in [1.29, 1.82) is 0 Å². The fourth-order valence-corrected chi connectivity index (χ4v) is 1.50. The van der Waals surface area contributed by atoms with Crippen LogP contribution in [0.1, 0.15) is 0 Å². The Balaban J connectivity index is 2.59. The molecule has 2 aromatic rings. The standard InChI is InChI=1S/C10H6ClFN2O/c11-8-5-6(12)1-2-7(8)9-3-4-13-10(15)14-9/h1-5H,(H,13,14,15). The number of hydrogen-bond donors (Lipinski definition) is 1. The van der Waals surface area contributed by atoms with Crippen LogP contribution in [0.25, 0.3) is 11.3 Å². The first-order valence-electron chi connectivity index (χ1n) is 4.17. The first-order valence-corrected chi connectivity index (χ1v) is 4.55. The molecule has 0 radical (unpaired) electrons. The number of rotatable bonds is 1. The van der Waals surface area contributed by atoms with Crippen molar-refractivity contribution in [2.24, 2.45) is 0 Å². The molecule has 2 rings (SSSR count). The lowest BCUT2D eigenvalue weighted by Gasteiger charge is -2.03. The molecule has 0 aliphatic carbocycles. The summed E-state index contributed by atoms with van der Waals surface area (Å²) in [7, 11) is 0. The van der Waals surface area contributed by atoms with E-state index in [1.54, 1.807) is 6.07 Å². The molecule has 0 saturated carbocycles. The first kappa shape index (κ1) is 9.86. The molecule has 1 heterocycles. The highest BCUT2D eigenvalue weighted by molar-refractivity contribution is 6.33. The largest absolute Gasteiger partial charge is 0.345 e. The van der Waals surface area contributed by atoms with Crippen LogP contribution in [0.5, 0.6) is 0 Å². The summed E-state index contributed by atoms with van der Waals surface area (Å²) in [5, 5.41) is 0.247. The average Bonchev–Trinajstić information content (AvgIpc) is 2.17. The van der Waals surface area contributed by atoms with Crippen molar-refractivity contribution in [2.75, 3.05) is 0 Å². The summed E-state index contributed by atoms with van der Waals surface area (Å²) in [6.45, 7) is 0. The number of aromatic amines is 1. The number of halogens is 2. The van der Waals surface area contributed by atoms with Crippen molar-refractivity contribution in [1.82, 2.24) is 9.97 Å². The van der Waals surface area contributed by atoms with Crippen molar-refractivity contribution in [2.45, 2.75) is 0 Å². The zero-order chi connectivity index (χ0) is 10.8. The van der Waals surface area contributed by atoms with E-state index in [0.717, 1.165) is 0 Å². The van der Waals surface area contributed by atoms with Crippen LogP contribution >= 0.6 is 11.6 Å². The molecule has 0 unspecified atom stereocenters. The number of hydrogen-bond acceptors (Lipinski definition) is 2. The van der Waals surface area contributed by atoms with Gasteiger partial charge in [-0.25, -0.2) is 14.2 Å². The minimum absolute atomic E-state index is 0.247. The van der Waals surface area contributed by atoms with Crippen molar-refractivity contribution in [3.8, 4) is 11.3 Å². The third kappa shape index (κ3) is 2.05. The zero-order valence-electron chi connectivity index (χ0n) is 7.50. The minimum Gasteiger partial charge on any atom is -0.305 e. The highest BCUT2D eigenvalue weighted by atomic mass is 35.5. The second kappa shape index (κ2) is 3.82. The Hall–Kier alpha value is -1.68. The second-order valence-corrected chi connectivity index (χ2v) is 3.32. The maximum Gasteiger partial charge on any atom is 0.345 e. The van der Waals surface area contributed by atoms with E-state index in [4.69, 9.17) is 11.6 Å². The molecule has 0 atom stereocenters. The molecule has 1 aromatic heterocycles. The van der Waals surface area contributed by atoms with Crippen LogP contribution in [0, 0.1) is 5.82 Å². The predicted molar refractivity (Wildman–Crippen MR) is 55.3 cm³/mol. The number of H-pyrrole nitrogens is 1. The lowest BCUT2D eigenvalue weighted by molar-refractivity contribution is 0.628. The molecule has 0 aliphatic rings. The summed E-state index contributed by atoms with van der Waals surface area (Å²) in [6, 6.07) is 5.57. The summed E-state index contributed by atoms with van der Waals surface area (Å²) in [5.41, 5.74) is 0.616. The Bertz CT molecular complexity index is 553. The minimum atomic E-state index is -0.465. The van der Waals surface area contributed by atoms with E-state index in [9.17, 15) is 9.18 Å². The predicted octanol–water partition coefficient (Wildman–Crippen LogP) is 2.23. The quantitative estimate of drug-likeness (QED) is 0.808. The molecule has 1 N–H and O–H groups in total. The molecular weight excluding hydrogens is 219 g/mol. The Morgan fingerprint density at radius 2 is 2.13 bits per heavy atom. The molecule has 5 heteroatoms. The summed E-state index contributed by atoms with van der Waals surface area (Å²) < 4.78 is 12.8. The molecule has 0 bridgehead atoms. The Morgan fingerprint density at radius 3 is 2.80 bits per heavy atom. The number of nitrogens with one attached hydrogen (secondary N) is 1. The fraction of sp³-hybridized carbons (Fsp3) is 0. The number of nitrogens with zero attached hydrogens (tertiary/aromatic N) is 1. The van der Waals surface area contributed by atoms with Gasteiger partial charge < -0.3 is 4.98 Å². The van der Waals surface area contributed by atoms with Gasteiger partial charge in [-0.1, -0.05) is 11.6 Å². The van der Waals surface area contributed by atoms with Crippen LogP contribution in [0.15, 0.2) is 35.3 Å². The van der Waals surface area contributed by atoms with Crippen LogP contribution in [-0.2, 0) is 0 Å². The fourth-order valence-electron chi connectivity index (χ4n) is 1.23. The average molecular weight is 225 g/mol. The van der Waals surface area contributed by atoms with Crippen LogP contribution in [0.4, 0.5) is 4.39 Å². The zero-order valence-corrected chi connectivity index (χ0v) is 8.25. The van der Waals surface area contributed by atoms with Gasteiger partial charge >= 0.3 is 5.69 Å². The van der Waals surface area contributed by atoms with Crippen LogP contribution < -0.4 is 5.69 Å². The summed E-state index contributed by atoms with van der Waals surface area (Å²) in [6.07, 6.45) is 1.37. The van der Waals surface area contributed by atoms with E-state index in [1.165, 1.54) is 24.4 Å². The topological polar surface area (TPSA) is 45.8 Å². The molecule has 0 saturated heterocycles. The smallest absolute Gasteiger partial charge is 0.305 e. The first-order chi connectivity index (χ1) is 7.16.